The van der Waals surface area contributed by atoms with Crippen molar-refractivity contribution in [3.05, 3.63) is 108 Å². The van der Waals surface area contributed by atoms with Gasteiger partial charge >= 0.3 is 0 Å². The van der Waals surface area contributed by atoms with Gasteiger partial charge in [0.25, 0.3) is 0 Å². The summed E-state index contributed by atoms with van der Waals surface area (Å²) in [5.41, 5.74) is 5.60. The lowest BCUT2D eigenvalue weighted by Crippen LogP contribution is -2.07. The Kier molecular flexibility index (Phi) is 4.73. The number of nitrogens with zero attached hydrogens (tertiary/aromatic N) is 2. The molecule has 0 fully saturated rings. The molecule has 0 saturated heterocycles. The van der Waals surface area contributed by atoms with Crippen molar-refractivity contribution >= 4 is 12.0 Å². The molecule has 136 valence electrons. The van der Waals surface area contributed by atoms with Gasteiger partial charge < -0.3 is 4.57 Å². The number of carbonyl (C=O) groups is 1. The first-order valence-corrected chi connectivity index (χ1v) is 9.16. The van der Waals surface area contributed by atoms with Crippen molar-refractivity contribution in [2.24, 2.45) is 0 Å². The van der Waals surface area contributed by atoms with Crippen LogP contribution in [-0.2, 0) is 0 Å². The highest BCUT2D eigenvalue weighted by Crippen LogP contribution is 2.29. The quantitative estimate of drug-likeness (QED) is 0.416. The van der Waals surface area contributed by atoms with Gasteiger partial charge in [0.15, 0.2) is 5.78 Å². The van der Waals surface area contributed by atoms with Gasteiger partial charge in [0.05, 0.1) is 22.6 Å². The van der Waals surface area contributed by atoms with E-state index >= 15 is 0 Å². The van der Waals surface area contributed by atoms with Gasteiger partial charge in [-0.05, 0) is 31.2 Å². The average Bonchev–Trinajstić information content (AvgIpc) is 3.14. The highest BCUT2D eigenvalue weighted by Gasteiger charge is 2.19. The number of carbonyl (C=O) groups excluding carboxylic acids is 1. The fraction of sp³-hybridized carbons (Fsp3) is 0.0400. The first-order chi connectivity index (χ1) is 13.7. The molecule has 0 spiro atoms. The molecule has 0 radical (unpaired) electrons. The second kappa shape index (κ2) is 7.49. The van der Waals surface area contributed by atoms with Crippen LogP contribution in [0, 0.1) is 6.92 Å². The largest absolute Gasteiger partial charge is 0.320 e. The van der Waals surface area contributed by atoms with E-state index in [-0.39, 0.29) is 5.78 Å². The second-order valence-corrected chi connectivity index (χ2v) is 6.57. The number of hydrogen-bond acceptors (Lipinski definition) is 2. The van der Waals surface area contributed by atoms with Crippen molar-refractivity contribution in [2.75, 3.05) is 0 Å². The highest BCUT2D eigenvalue weighted by atomic mass is 16.1. The van der Waals surface area contributed by atoms with Crippen LogP contribution in [0.2, 0.25) is 0 Å². The zero-order valence-corrected chi connectivity index (χ0v) is 15.7. The number of hydrogen-bond donors (Lipinski definition) is 0. The molecule has 3 heteroatoms. The lowest BCUT2D eigenvalue weighted by Gasteiger charge is -2.13. The molecule has 3 nitrogen and oxygen atoms in total. The van der Waals surface area contributed by atoms with Gasteiger partial charge in [0.2, 0.25) is 0 Å². The Labute approximate surface area is 164 Å². The van der Waals surface area contributed by atoms with Gasteiger partial charge in [-0.25, -0.2) is 4.98 Å². The van der Waals surface area contributed by atoms with E-state index in [4.69, 9.17) is 4.98 Å². The molecule has 0 atom stereocenters. The number of benzene rings is 2. The van der Waals surface area contributed by atoms with E-state index in [2.05, 4.69) is 6.58 Å². The van der Waals surface area contributed by atoms with E-state index in [1.165, 1.54) is 0 Å². The molecule has 4 rings (SSSR count). The van der Waals surface area contributed by atoms with E-state index in [0.717, 1.165) is 22.6 Å². The van der Waals surface area contributed by atoms with E-state index in [1.54, 1.807) is 6.20 Å². The molecule has 0 aliphatic carbocycles. The van der Waals surface area contributed by atoms with Crippen molar-refractivity contribution in [2.45, 2.75) is 6.92 Å². The Morgan fingerprint density at radius 3 is 2.25 bits per heavy atom. The molecule has 2 aromatic carbocycles. The third-order valence-electron chi connectivity index (χ3n) is 4.79. The summed E-state index contributed by atoms with van der Waals surface area (Å²) in [5.74, 6) is -0.0443. The third-order valence-corrected chi connectivity index (χ3v) is 4.79. The maximum absolute atomic E-state index is 13.2. The molecule has 2 heterocycles. The molecule has 0 unspecified atom stereocenters. The molecule has 0 N–H and O–H groups in total. The van der Waals surface area contributed by atoms with Crippen LogP contribution in [0.4, 0.5) is 0 Å². The fourth-order valence-corrected chi connectivity index (χ4v) is 3.34. The van der Waals surface area contributed by atoms with Crippen molar-refractivity contribution < 1.29 is 4.79 Å². The van der Waals surface area contributed by atoms with Crippen molar-refractivity contribution in [1.29, 1.82) is 0 Å². The van der Waals surface area contributed by atoms with Crippen LogP contribution in [-0.4, -0.2) is 15.3 Å². The maximum Gasteiger partial charge on any atom is 0.195 e. The molecular formula is C25H20N2O. The Morgan fingerprint density at radius 2 is 1.57 bits per heavy atom. The minimum absolute atomic E-state index is 0.0443. The molecule has 0 aliphatic heterocycles. The Bertz CT molecular complexity index is 1140. The van der Waals surface area contributed by atoms with Gasteiger partial charge in [0.1, 0.15) is 0 Å². The zero-order chi connectivity index (χ0) is 19.5. The lowest BCUT2D eigenvalue weighted by atomic mass is 9.99. The van der Waals surface area contributed by atoms with Crippen LogP contribution < -0.4 is 0 Å². The maximum atomic E-state index is 13.2. The van der Waals surface area contributed by atoms with Gasteiger partial charge in [-0.3, -0.25) is 4.79 Å². The average molecular weight is 364 g/mol. The van der Waals surface area contributed by atoms with Crippen molar-refractivity contribution in [3.8, 4) is 22.6 Å². The first-order valence-electron chi connectivity index (χ1n) is 9.16. The van der Waals surface area contributed by atoms with Gasteiger partial charge in [-0.1, -0.05) is 67.2 Å². The summed E-state index contributed by atoms with van der Waals surface area (Å²) in [6.45, 7) is 5.92. The number of ketones is 1. The van der Waals surface area contributed by atoms with Gasteiger partial charge in [-0.2, -0.15) is 0 Å². The fourth-order valence-electron chi connectivity index (χ4n) is 3.34. The third kappa shape index (κ3) is 3.19. The molecule has 28 heavy (non-hydrogen) atoms. The summed E-state index contributed by atoms with van der Waals surface area (Å²) >= 11 is 0. The Hall–Kier alpha value is -3.72. The molecule has 2 aromatic heterocycles. The van der Waals surface area contributed by atoms with Crippen molar-refractivity contribution in [1.82, 2.24) is 9.55 Å². The lowest BCUT2D eigenvalue weighted by molar-refractivity contribution is 0.103. The summed E-state index contributed by atoms with van der Waals surface area (Å²) in [5, 5.41) is 0. The van der Waals surface area contributed by atoms with Crippen LogP contribution >= 0.6 is 0 Å². The van der Waals surface area contributed by atoms with Crippen LogP contribution in [0.3, 0.4) is 0 Å². The minimum atomic E-state index is -0.0443. The summed E-state index contributed by atoms with van der Waals surface area (Å²) in [6, 6.07) is 27.0. The molecule has 0 aliphatic rings. The van der Waals surface area contributed by atoms with Crippen molar-refractivity contribution in [3.63, 3.8) is 0 Å². The predicted molar refractivity (Wildman–Crippen MR) is 114 cm³/mol. The standard InChI is InChI=1S/C25H20N2O/c1-3-27-18(2)14-17-23(27)24-21(25(28)20-12-8-5-9-13-20)15-16-22(26-24)19-10-6-4-7-11-19/h3-17H,1H2,2H3. The predicted octanol–water partition coefficient (Wildman–Crippen LogP) is 5.86. The SMILES string of the molecule is C=Cn1c(C)ccc1-c1nc(-c2ccccc2)ccc1C(=O)c1ccccc1. The summed E-state index contributed by atoms with van der Waals surface area (Å²) < 4.78 is 1.96. The van der Waals surface area contributed by atoms with Gasteiger partial charge in [-0.15, -0.1) is 0 Å². The monoisotopic (exact) mass is 364 g/mol. The minimum Gasteiger partial charge on any atom is -0.320 e. The number of aromatic nitrogens is 2. The molecular weight excluding hydrogens is 344 g/mol. The zero-order valence-electron chi connectivity index (χ0n) is 15.7. The summed E-state index contributed by atoms with van der Waals surface area (Å²) in [6.07, 6.45) is 1.75. The molecule has 0 saturated carbocycles. The van der Waals surface area contributed by atoms with Crippen LogP contribution in [0.15, 0.2) is 91.5 Å². The van der Waals surface area contributed by atoms with Crippen LogP contribution in [0.25, 0.3) is 28.8 Å². The molecule has 4 aromatic rings. The first kappa shape index (κ1) is 17.7. The molecule has 0 amide bonds. The summed E-state index contributed by atoms with van der Waals surface area (Å²) in [4.78, 5) is 18.1. The summed E-state index contributed by atoms with van der Waals surface area (Å²) in [7, 11) is 0. The number of pyridine rings is 1. The normalized spacial score (nSPS) is 10.6. The van der Waals surface area contributed by atoms with Crippen LogP contribution in [0.5, 0.6) is 0 Å². The topological polar surface area (TPSA) is 34.9 Å². The number of aryl methyl sites for hydroxylation is 1. The second-order valence-electron chi connectivity index (χ2n) is 6.57. The Morgan fingerprint density at radius 1 is 0.893 bits per heavy atom. The molecule has 0 bridgehead atoms. The van der Waals surface area contributed by atoms with E-state index in [9.17, 15) is 4.79 Å². The van der Waals surface area contributed by atoms with Crippen LogP contribution in [0.1, 0.15) is 21.6 Å². The van der Waals surface area contributed by atoms with Gasteiger partial charge in [0, 0.05) is 23.0 Å². The Balaban J connectivity index is 1.93. The highest BCUT2D eigenvalue weighted by molar-refractivity contribution is 6.12. The number of rotatable bonds is 5. The van der Waals surface area contributed by atoms with E-state index in [0.29, 0.717) is 16.8 Å². The smallest absolute Gasteiger partial charge is 0.195 e. The van der Waals surface area contributed by atoms with E-state index in [1.807, 2.05) is 96.4 Å². The van der Waals surface area contributed by atoms with E-state index < -0.39 is 0 Å².